The summed E-state index contributed by atoms with van der Waals surface area (Å²) in [6.45, 7) is 8.38. The summed E-state index contributed by atoms with van der Waals surface area (Å²) in [7, 11) is 0. The average Bonchev–Trinajstić information content (AvgIpc) is 3.56. The Balaban J connectivity index is 1.23. The highest BCUT2D eigenvalue weighted by Crippen LogP contribution is 2.32. The molecule has 5 aromatic rings. The molecule has 3 aromatic heterocycles. The normalized spacial score (nSPS) is 11.6. The van der Waals surface area contributed by atoms with Gasteiger partial charge < -0.3 is 19.9 Å². The predicted octanol–water partition coefficient (Wildman–Crippen LogP) is 5.66. The standard InChI is InChI=1S/C27H28N6O4S/c1-16(34)28-11-12-36-19-9-10-21-22(13-19)38-26-30-20(15-33(21)26)17-5-7-18(8-6-17)29-25(35)31-24-14-23(37-32-24)27(2,3)4/h5-10,13-15H,11-12H2,1-4H3,(H,28,34)(H2,29,31,32,35). The van der Waals surface area contributed by atoms with Crippen LogP contribution in [-0.2, 0) is 10.2 Å². The lowest BCUT2D eigenvalue weighted by Crippen LogP contribution is -2.25. The minimum atomic E-state index is -0.404. The Bertz CT molecular complexity index is 1610. The molecule has 0 radical (unpaired) electrons. The molecular formula is C27H28N6O4S. The van der Waals surface area contributed by atoms with E-state index in [9.17, 15) is 9.59 Å². The highest BCUT2D eigenvalue weighted by atomic mass is 32.1. The second kappa shape index (κ2) is 10.2. The lowest BCUT2D eigenvalue weighted by atomic mass is 9.93. The van der Waals surface area contributed by atoms with Crippen molar-refractivity contribution in [1.82, 2.24) is 19.9 Å². The van der Waals surface area contributed by atoms with Gasteiger partial charge in [0.05, 0.1) is 22.5 Å². The number of aromatic nitrogens is 3. The van der Waals surface area contributed by atoms with E-state index in [0.29, 0.717) is 30.4 Å². The first-order valence-electron chi connectivity index (χ1n) is 12.1. The van der Waals surface area contributed by atoms with Gasteiger partial charge in [0.25, 0.3) is 0 Å². The third-order valence-corrected chi connectivity index (χ3v) is 6.76. The number of hydrogen-bond donors (Lipinski definition) is 3. The highest BCUT2D eigenvalue weighted by molar-refractivity contribution is 7.23. The molecule has 0 aliphatic rings. The van der Waals surface area contributed by atoms with Crippen LogP contribution in [0, 0.1) is 0 Å². The molecule has 0 atom stereocenters. The van der Waals surface area contributed by atoms with Crippen molar-refractivity contribution < 1.29 is 18.8 Å². The minimum Gasteiger partial charge on any atom is -0.492 e. The van der Waals surface area contributed by atoms with Gasteiger partial charge in [-0.3, -0.25) is 14.5 Å². The van der Waals surface area contributed by atoms with Gasteiger partial charge in [0, 0.05) is 35.9 Å². The largest absolute Gasteiger partial charge is 0.492 e. The van der Waals surface area contributed by atoms with Gasteiger partial charge >= 0.3 is 6.03 Å². The van der Waals surface area contributed by atoms with E-state index in [2.05, 4.69) is 25.5 Å². The van der Waals surface area contributed by atoms with Crippen LogP contribution in [0.1, 0.15) is 33.5 Å². The van der Waals surface area contributed by atoms with E-state index >= 15 is 0 Å². The van der Waals surface area contributed by atoms with Crippen molar-refractivity contribution in [3.05, 3.63) is 60.5 Å². The van der Waals surface area contributed by atoms with E-state index in [1.807, 2.05) is 69.4 Å². The molecule has 11 heteroatoms. The lowest BCUT2D eigenvalue weighted by Gasteiger charge is -2.12. The third-order valence-electron chi connectivity index (χ3n) is 5.74. The maximum atomic E-state index is 12.4. The molecule has 0 aliphatic heterocycles. The van der Waals surface area contributed by atoms with Gasteiger partial charge in [-0.25, -0.2) is 9.78 Å². The number of amides is 3. The molecule has 0 saturated heterocycles. The molecule has 0 fully saturated rings. The maximum absolute atomic E-state index is 12.4. The van der Waals surface area contributed by atoms with Gasteiger partial charge in [-0.15, -0.1) is 0 Å². The van der Waals surface area contributed by atoms with Crippen LogP contribution < -0.4 is 20.7 Å². The van der Waals surface area contributed by atoms with Crippen LogP contribution in [0.2, 0.25) is 0 Å². The SMILES string of the molecule is CC(=O)NCCOc1ccc2c(c1)sc1nc(-c3ccc(NC(=O)Nc4cc(C(C)(C)C)on4)cc3)cn12. The summed E-state index contributed by atoms with van der Waals surface area (Å²) in [4.78, 5) is 29.0. The van der Waals surface area contributed by atoms with Crippen LogP contribution in [0.4, 0.5) is 16.3 Å². The molecule has 3 amide bonds. The molecule has 0 bridgehead atoms. The number of nitrogens with one attached hydrogen (secondary N) is 3. The van der Waals surface area contributed by atoms with E-state index in [1.54, 1.807) is 17.4 Å². The summed E-state index contributed by atoms with van der Waals surface area (Å²) in [6.07, 6.45) is 2.00. The van der Waals surface area contributed by atoms with Crippen LogP contribution >= 0.6 is 11.3 Å². The van der Waals surface area contributed by atoms with Gasteiger partial charge in [-0.2, -0.15) is 0 Å². The van der Waals surface area contributed by atoms with Crippen LogP contribution in [0.3, 0.4) is 0 Å². The van der Waals surface area contributed by atoms with Crippen LogP contribution in [0.25, 0.3) is 26.4 Å². The molecular weight excluding hydrogens is 504 g/mol. The van der Waals surface area contributed by atoms with Gasteiger partial charge in [0.2, 0.25) is 5.91 Å². The fraction of sp³-hybridized carbons (Fsp3) is 0.259. The molecule has 38 heavy (non-hydrogen) atoms. The monoisotopic (exact) mass is 532 g/mol. The van der Waals surface area contributed by atoms with Gasteiger partial charge in [-0.05, 0) is 30.3 Å². The number of nitrogens with zero attached hydrogens (tertiary/aromatic N) is 3. The maximum Gasteiger partial charge on any atom is 0.324 e. The quantitative estimate of drug-likeness (QED) is 0.233. The predicted molar refractivity (Wildman–Crippen MR) is 148 cm³/mol. The minimum absolute atomic E-state index is 0.0756. The van der Waals surface area contributed by atoms with Gasteiger partial charge in [0.1, 0.15) is 18.1 Å². The van der Waals surface area contributed by atoms with E-state index in [1.165, 1.54) is 6.92 Å². The van der Waals surface area contributed by atoms with Crippen molar-refractivity contribution in [3.63, 3.8) is 0 Å². The van der Waals surface area contributed by atoms with E-state index in [4.69, 9.17) is 14.2 Å². The molecule has 0 spiro atoms. The molecule has 10 nitrogen and oxygen atoms in total. The molecule has 3 N–H and O–H groups in total. The molecule has 196 valence electrons. The number of hydrogen-bond acceptors (Lipinski definition) is 7. The zero-order chi connectivity index (χ0) is 26.9. The number of thiazole rings is 1. The first-order chi connectivity index (χ1) is 18.2. The third kappa shape index (κ3) is 5.62. The Morgan fingerprint density at radius 1 is 1.08 bits per heavy atom. The second-order valence-electron chi connectivity index (χ2n) is 9.82. The molecule has 3 heterocycles. The Morgan fingerprint density at radius 3 is 2.58 bits per heavy atom. The molecule has 0 aliphatic carbocycles. The van der Waals surface area contributed by atoms with Crippen molar-refractivity contribution in [3.8, 4) is 17.0 Å². The number of imidazole rings is 1. The number of carbonyl (C=O) groups is 2. The van der Waals surface area contributed by atoms with Crippen molar-refractivity contribution in [1.29, 1.82) is 0 Å². The number of urea groups is 1. The number of ether oxygens (including phenoxy) is 1. The number of benzene rings is 2. The van der Waals surface area contributed by atoms with Crippen molar-refractivity contribution in [2.45, 2.75) is 33.1 Å². The number of rotatable bonds is 7. The van der Waals surface area contributed by atoms with Crippen molar-refractivity contribution in [2.24, 2.45) is 0 Å². The van der Waals surface area contributed by atoms with Gasteiger partial charge in [0.15, 0.2) is 10.8 Å². The Labute approximate surface area is 223 Å². The van der Waals surface area contributed by atoms with Crippen LogP contribution in [0.5, 0.6) is 5.75 Å². The Morgan fingerprint density at radius 2 is 1.87 bits per heavy atom. The summed E-state index contributed by atoms with van der Waals surface area (Å²) in [5, 5.41) is 12.1. The summed E-state index contributed by atoms with van der Waals surface area (Å²) in [5.74, 6) is 1.72. The fourth-order valence-corrected chi connectivity index (χ4v) is 4.83. The zero-order valence-electron chi connectivity index (χ0n) is 21.5. The fourth-order valence-electron chi connectivity index (χ4n) is 3.80. The van der Waals surface area contributed by atoms with Gasteiger partial charge in [-0.1, -0.05) is 49.4 Å². The summed E-state index contributed by atoms with van der Waals surface area (Å²) in [5.41, 5.74) is 3.25. The Kier molecular flexibility index (Phi) is 6.77. The summed E-state index contributed by atoms with van der Waals surface area (Å²) in [6, 6.07) is 14.7. The Hall–Kier alpha value is -4.38. The zero-order valence-corrected chi connectivity index (χ0v) is 22.3. The van der Waals surface area contributed by atoms with E-state index < -0.39 is 6.03 Å². The molecule has 0 saturated carbocycles. The van der Waals surface area contributed by atoms with Crippen LogP contribution in [-0.4, -0.2) is 39.6 Å². The van der Waals surface area contributed by atoms with Crippen LogP contribution in [0.15, 0.2) is 59.3 Å². The number of anilines is 2. The average molecular weight is 533 g/mol. The molecule has 5 rings (SSSR count). The highest BCUT2D eigenvalue weighted by Gasteiger charge is 2.20. The summed E-state index contributed by atoms with van der Waals surface area (Å²) >= 11 is 1.57. The first kappa shape index (κ1) is 25.3. The van der Waals surface area contributed by atoms with E-state index in [-0.39, 0.29) is 11.3 Å². The number of fused-ring (bicyclic) bond motifs is 3. The second-order valence-corrected chi connectivity index (χ2v) is 10.8. The molecule has 0 unspecified atom stereocenters. The van der Waals surface area contributed by atoms with E-state index in [0.717, 1.165) is 32.2 Å². The first-order valence-corrected chi connectivity index (χ1v) is 12.9. The number of carbonyl (C=O) groups excluding carboxylic acids is 2. The molecule has 2 aromatic carbocycles. The van der Waals surface area contributed by atoms with Crippen molar-refractivity contribution in [2.75, 3.05) is 23.8 Å². The summed E-state index contributed by atoms with van der Waals surface area (Å²) < 4.78 is 14.2. The topological polar surface area (TPSA) is 123 Å². The lowest BCUT2D eigenvalue weighted by molar-refractivity contribution is -0.119. The van der Waals surface area contributed by atoms with Crippen molar-refractivity contribution >= 4 is 50.0 Å². The smallest absolute Gasteiger partial charge is 0.324 e.